The smallest absolute Gasteiger partial charge is 0.336 e. The number of hydrogen-bond acceptors (Lipinski definition) is 2. The van der Waals surface area contributed by atoms with Gasteiger partial charge < -0.3 is 9.32 Å². The predicted octanol–water partition coefficient (Wildman–Crippen LogP) is 3.18. The van der Waals surface area contributed by atoms with E-state index in [1.54, 1.807) is 11.0 Å². The fraction of sp³-hybridized carbons (Fsp3) is 0.550. The molecule has 1 aliphatic heterocycles. The van der Waals surface area contributed by atoms with Crippen LogP contribution in [0, 0.1) is 6.92 Å². The van der Waals surface area contributed by atoms with Crippen LogP contribution < -0.4 is 10.5 Å². The SMILES string of the molecule is Cc1cc2oc(=O)cc(C[NH+]3CCCC[C@@H]3C)c2cc1C(C)C. The van der Waals surface area contributed by atoms with E-state index < -0.39 is 0 Å². The summed E-state index contributed by atoms with van der Waals surface area (Å²) in [7, 11) is 0. The van der Waals surface area contributed by atoms with Crippen molar-refractivity contribution in [2.75, 3.05) is 6.54 Å². The number of quaternary nitrogens is 1. The number of nitrogens with one attached hydrogen (secondary N) is 1. The van der Waals surface area contributed by atoms with Crippen molar-refractivity contribution in [1.29, 1.82) is 0 Å². The molecule has 0 bridgehead atoms. The second-order valence-corrected chi connectivity index (χ2v) is 7.43. The molecule has 124 valence electrons. The maximum Gasteiger partial charge on any atom is 0.336 e. The quantitative estimate of drug-likeness (QED) is 0.883. The summed E-state index contributed by atoms with van der Waals surface area (Å²) >= 11 is 0. The fourth-order valence-electron chi connectivity index (χ4n) is 3.92. The molecule has 2 aromatic rings. The van der Waals surface area contributed by atoms with E-state index in [-0.39, 0.29) is 5.63 Å². The van der Waals surface area contributed by atoms with Crippen molar-refractivity contribution in [2.24, 2.45) is 0 Å². The van der Waals surface area contributed by atoms with E-state index in [1.165, 1.54) is 36.9 Å². The lowest BCUT2D eigenvalue weighted by atomic mass is 9.94. The van der Waals surface area contributed by atoms with Crippen molar-refractivity contribution in [1.82, 2.24) is 0 Å². The van der Waals surface area contributed by atoms with Gasteiger partial charge in [0.2, 0.25) is 0 Å². The maximum atomic E-state index is 12.0. The van der Waals surface area contributed by atoms with Gasteiger partial charge in [-0.05, 0) is 62.3 Å². The lowest BCUT2D eigenvalue weighted by Gasteiger charge is -2.30. The average Bonchev–Trinajstić information content (AvgIpc) is 2.48. The molecule has 1 saturated heterocycles. The lowest BCUT2D eigenvalue weighted by molar-refractivity contribution is -0.941. The molecule has 0 aliphatic carbocycles. The van der Waals surface area contributed by atoms with Gasteiger partial charge in [-0.2, -0.15) is 0 Å². The van der Waals surface area contributed by atoms with Crippen molar-refractivity contribution in [3.05, 3.63) is 45.3 Å². The van der Waals surface area contributed by atoms with E-state index in [0.717, 1.165) is 23.1 Å². The Kier molecular flexibility index (Phi) is 4.58. The summed E-state index contributed by atoms with van der Waals surface area (Å²) in [5, 5.41) is 1.11. The molecule has 1 aliphatic rings. The third-order valence-electron chi connectivity index (χ3n) is 5.34. The van der Waals surface area contributed by atoms with Crippen LogP contribution in [0.5, 0.6) is 0 Å². The highest BCUT2D eigenvalue weighted by Gasteiger charge is 2.23. The van der Waals surface area contributed by atoms with Crippen LogP contribution >= 0.6 is 0 Å². The first kappa shape index (κ1) is 16.3. The van der Waals surface area contributed by atoms with Gasteiger partial charge in [0, 0.05) is 17.0 Å². The first-order valence-corrected chi connectivity index (χ1v) is 8.87. The maximum absolute atomic E-state index is 12.0. The molecule has 0 radical (unpaired) electrons. The molecule has 2 atom stereocenters. The van der Waals surface area contributed by atoms with Gasteiger partial charge in [0.15, 0.2) is 0 Å². The van der Waals surface area contributed by atoms with Gasteiger partial charge in [-0.25, -0.2) is 4.79 Å². The minimum absolute atomic E-state index is 0.228. The van der Waals surface area contributed by atoms with Crippen LogP contribution in [-0.2, 0) is 6.54 Å². The van der Waals surface area contributed by atoms with Crippen molar-refractivity contribution < 1.29 is 9.32 Å². The number of piperidine rings is 1. The van der Waals surface area contributed by atoms with Gasteiger partial charge in [-0.3, -0.25) is 0 Å². The summed E-state index contributed by atoms with van der Waals surface area (Å²) in [4.78, 5) is 13.6. The molecule has 2 heterocycles. The molecule has 1 unspecified atom stereocenters. The molecular weight excluding hydrogens is 286 g/mol. The van der Waals surface area contributed by atoms with E-state index in [9.17, 15) is 4.79 Å². The van der Waals surface area contributed by atoms with Crippen LogP contribution in [0.2, 0.25) is 0 Å². The highest BCUT2D eigenvalue weighted by atomic mass is 16.4. The second kappa shape index (κ2) is 6.48. The van der Waals surface area contributed by atoms with Crippen molar-refractivity contribution >= 4 is 11.0 Å². The van der Waals surface area contributed by atoms with E-state index in [4.69, 9.17) is 4.42 Å². The minimum Gasteiger partial charge on any atom is -0.423 e. The topological polar surface area (TPSA) is 34.6 Å². The van der Waals surface area contributed by atoms with Gasteiger partial charge in [0.1, 0.15) is 12.1 Å². The van der Waals surface area contributed by atoms with E-state index >= 15 is 0 Å². The highest BCUT2D eigenvalue weighted by molar-refractivity contribution is 5.82. The standard InChI is InChI=1S/C20H27NO2/c1-13(2)17-11-18-16(12-21-8-6-5-7-15(21)4)10-20(22)23-19(18)9-14(17)3/h9-11,13,15H,5-8,12H2,1-4H3/p+1/t15-/m0/s1. The summed E-state index contributed by atoms with van der Waals surface area (Å²) in [6, 6.07) is 6.64. The van der Waals surface area contributed by atoms with E-state index in [0.29, 0.717) is 12.0 Å². The van der Waals surface area contributed by atoms with Crippen molar-refractivity contribution in [2.45, 2.75) is 65.5 Å². The number of hydrogen-bond donors (Lipinski definition) is 1. The third-order valence-corrected chi connectivity index (χ3v) is 5.34. The van der Waals surface area contributed by atoms with Gasteiger partial charge in [0.05, 0.1) is 12.6 Å². The Bertz CT molecular complexity index is 760. The summed E-state index contributed by atoms with van der Waals surface area (Å²) in [5.74, 6) is 0.473. The van der Waals surface area contributed by atoms with E-state index in [2.05, 4.69) is 33.8 Å². The molecular formula is C20H28NO2+. The molecule has 3 heteroatoms. The van der Waals surface area contributed by atoms with Crippen LogP contribution in [0.15, 0.2) is 27.4 Å². The van der Waals surface area contributed by atoms with Gasteiger partial charge in [-0.15, -0.1) is 0 Å². The van der Waals surface area contributed by atoms with Crippen molar-refractivity contribution in [3.8, 4) is 0 Å². The molecule has 1 aromatic heterocycles. The lowest BCUT2D eigenvalue weighted by Crippen LogP contribution is -3.14. The number of benzene rings is 1. The second-order valence-electron chi connectivity index (χ2n) is 7.43. The average molecular weight is 314 g/mol. The molecule has 0 spiro atoms. The van der Waals surface area contributed by atoms with Crippen LogP contribution in [0.3, 0.4) is 0 Å². The fourth-order valence-corrected chi connectivity index (χ4v) is 3.92. The Morgan fingerprint density at radius 2 is 2.04 bits per heavy atom. The third kappa shape index (κ3) is 3.35. The van der Waals surface area contributed by atoms with Crippen LogP contribution in [0.4, 0.5) is 0 Å². The number of fused-ring (bicyclic) bond motifs is 1. The molecule has 23 heavy (non-hydrogen) atoms. The van der Waals surface area contributed by atoms with Gasteiger partial charge >= 0.3 is 5.63 Å². The highest BCUT2D eigenvalue weighted by Crippen LogP contribution is 2.26. The van der Waals surface area contributed by atoms with Gasteiger partial charge in [-0.1, -0.05) is 13.8 Å². The predicted molar refractivity (Wildman–Crippen MR) is 94.2 cm³/mol. The Hall–Kier alpha value is -1.61. The summed E-state index contributed by atoms with van der Waals surface area (Å²) < 4.78 is 5.47. The van der Waals surface area contributed by atoms with Gasteiger partial charge in [0.25, 0.3) is 0 Å². The molecule has 1 aromatic carbocycles. The van der Waals surface area contributed by atoms with Crippen LogP contribution in [0.1, 0.15) is 62.6 Å². The van der Waals surface area contributed by atoms with Crippen LogP contribution in [-0.4, -0.2) is 12.6 Å². The van der Waals surface area contributed by atoms with E-state index in [1.807, 2.05) is 6.07 Å². The summed E-state index contributed by atoms with van der Waals surface area (Å²) in [6.07, 6.45) is 3.90. The summed E-state index contributed by atoms with van der Waals surface area (Å²) in [5.41, 5.74) is 4.19. The first-order chi connectivity index (χ1) is 11.0. The Morgan fingerprint density at radius 3 is 2.74 bits per heavy atom. The largest absolute Gasteiger partial charge is 0.423 e. The zero-order valence-electron chi connectivity index (χ0n) is 14.7. The number of likely N-dealkylation sites (tertiary alicyclic amines) is 1. The van der Waals surface area contributed by atoms with Crippen molar-refractivity contribution in [3.63, 3.8) is 0 Å². The molecule has 0 amide bonds. The molecule has 0 saturated carbocycles. The minimum atomic E-state index is -0.228. The zero-order valence-corrected chi connectivity index (χ0v) is 14.7. The number of aryl methyl sites for hydroxylation is 1. The Labute approximate surface area is 138 Å². The molecule has 1 fully saturated rings. The molecule has 3 nitrogen and oxygen atoms in total. The molecule has 3 rings (SSSR count). The normalized spacial score (nSPS) is 22.0. The first-order valence-electron chi connectivity index (χ1n) is 8.87. The summed E-state index contributed by atoms with van der Waals surface area (Å²) in [6.45, 7) is 11.0. The Balaban J connectivity index is 2.07. The number of rotatable bonds is 3. The van der Waals surface area contributed by atoms with Crippen LogP contribution in [0.25, 0.3) is 11.0 Å². The zero-order chi connectivity index (χ0) is 16.6. The monoisotopic (exact) mass is 314 g/mol. The Morgan fingerprint density at radius 1 is 1.26 bits per heavy atom. The molecule has 1 N–H and O–H groups in total.